The van der Waals surface area contributed by atoms with Crippen LogP contribution in [0.3, 0.4) is 0 Å². The van der Waals surface area contributed by atoms with Gasteiger partial charge in [-0.15, -0.1) is 0 Å². The van der Waals surface area contributed by atoms with Crippen molar-refractivity contribution < 1.29 is 23.1 Å². The smallest absolute Gasteiger partial charge is 0.407 e. The van der Waals surface area contributed by atoms with Gasteiger partial charge in [-0.3, -0.25) is 0 Å². The molecule has 1 fully saturated rings. The second-order valence-electron chi connectivity index (χ2n) is 7.48. The second kappa shape index (κ2) is 8.08. The Balaban J connectivity index is 1.48. The van der Waals surface area contributed by atoms with Crippen LogP contribution in [0.1, 0.15) is 18.4 Å². The average Bonchev–Trinajstić information content (AvgIpc) is 3.15. The molecule has 0 bridgehead atoms. The first-order valence-electron chi connectivity index (χ1n) is 9.67. The fourth-order valence-electron chi connectivity index (χ4n) is 3.66. The molecule has 1 aliphatic rings. The zero-order valence-electron chi connectivity index (χ0n) is 16.6. The van der Waals surface area contributed by atoms with Crippen LogP contribution >= 0.6 is 0 Å². The second-order valence-corrected chi connectivity index (χ2v) is 9.50. The highest BCUT2D eigenvalue weighted by Crippen LogP contribution is 2.24. The number of fused-ring (bicyclic) bond motifs is 1. The van der Waals surface area contributed by atoms with E-state index in [-0.39, 0.29) is 11.0 Å². The molecule has 1 saturated heterocycles. The lowest BCUT2D eigenvalue weighted by molar-refractivity contribution is 0.000342. The molecule has 1 N–H and O–H groups in total. The summed E-state index contributed by atoms with van der Waals surface area (Å²) in [5.41, 5.74) is 1.84. The van der Waals surface area contributed by atoms with E-state index >= 15 is 0 Å². The Morgan fingerprint density at radius 1 is 1.20 bits per heavy atom. The summed E-state index contributed by atoms with van der Waals surface area (Å²) >= 11 is 0. The third-order valence-electron chi connectivity index (χ3n) is 5.34. The molecule has 3 aromatic rings. The van der Waals surface area contributed by atoms with Crippen molar-refractivity contribution in [2.75, 3.05) is 19.3 Å². The highest BCUT2D eigenvalue weighted by Gasteiger charge is 2.22. The van der Waals surface area contributed by atoms with E-state index in [2.05, 4.69) is 4.98 Å². The molecule has 9 heteroatoms. The minimum absolute atomic E-state index is 0.0408. The van der Waals surface area contributed by atoms with Gasteiger partial charge in [0.1, 0.15) is 5.82 Å². The largest absolute Gasteiger partial charge is 0.465 e. The van der Waals surface area contributed by atoms with E-state index in [4.69, 9.17) is 9.84 Å². The van der Waals surface area contributed by atoms with Crippen LogP contribution in [0.15, 0.2) is 53.7 Å². The summed E-state index contributed by atoms with van der Waals surface area (Å²) in [6.45, 7) is 1.41. The molecule has 0 atom stereocenters. The monoisotopic (exact) mass is 429 g/mol. The molecule has 0 unspecified atom stereocenters. The fourth-order valence-corrected chi connectivity index (χ4v) is 4.32. The van der Waals surface area contributed by atoms with Crippen molar-refractivity contribution in [1.82, 2.24) is 14.5 Å². The highest BCUT2D eigenvalue weighted by molar-refractivity contribution is 7.90. The van der Waals surface area contributed by atoms with Crippen LogP contribution < -0.4 is 0 Å². The van der Waals surface area contributed by atoms with Gasteiger partial charge in [-0.05, 0) is 54.8 Å². The van der Waals surface area contributed by atoms with Gasteiger partial charge >= 0.3 is 6.09 Å². The number of nitrogens with zero attached hydrogens (tertiary/aromatic N) is 3. The van der Waals surface area contributed by atoms with Gasteiger partial charge in [0.2, 0.25) is 0 Å². The molecule has 30 heavy (non-hydrogen) atoms. The van der Waals surface area contributed by atoms with Crippen molar-refractivity contribution in [1.29, 1.82) is 0 Å². The van der Waals surface area contributed by atoms with Gasteiger partial charge in [0.05, 0.1) is 23.1 Å². The number of sulfone groups is 1. The summed E-state index contributed by atoms with van der Waals surface area (Å²) in [6, 6.07) is 10.7. The van der Waals surface area contributed by atoms with Crippen LogP contribution in [0, 0.1) is 0 Å². The van der Waals surface area contributed by atoms with Crippen LogP contribution in [0.25, 0.3) is 16.7 Å². The fraction of sp³-hybridized carbons (Fsp3) is 0.333. The maximum Gasteiger partial charge on any atom is 0.407 e. The Morgan fingerprint density at radius 2 is 1.97 bits per heavy atom. The molecular formula is C21H23N3O5S. The predicted molar refractivity (Wildman–Crippen MR) is 112 cm³/mol. The number of hydrogen-bond acceptors (Lipinski definition) is 5. The Bertz CT molecular complexity index is 1180. The highest BCUT2D eigenvalue weighted by atomic mass is 32.2. The number of ether oxygens (including phenoxy) is 1. The molecule has 1 amide bonds. The third kappa shape index (κ3) is 4.31. The zero-order valence-corrected chi connectivity index (χ0v) is 17.4. The minimum Gasteiger partial charge on any atom is -0.465 e. The summed E-state index contributed by atoms with van der Waals surface area (Å²) < 4.78 is 31.5. The van der Waals surface area contributed by atoms with Crippen molar-refractivity contribution >= 4 is 26.8 Å². The van der Waals surface area contributed by atoms with Crippen LogP contribution in [-0.2, 0) is 21.2 Å². The van der Waals surface area contributed by atoms with Crippen molar-refractivity contribution in [3.63, 3.8) is 0 Å². The number of pyridine rings is 1. The molecule has 1 aromatic carbocycles. The maximum absolute atomic E-state index is 11.8. The van der Waals surface area contributed by atoms with E-state index in [1.807, 2.05) is 29.0 Å². The Labute approximate surface area is 174 Å². The number of rotatable bonds is 5. The predicted octanol–water partition coefficient (Wildman–Crippen LogP) is 3.09. The van der Waals surface area contributed by atoms with Crippen molar-refractivity contribution in [3.05, 3.63) is 54.4 Å². The lowest BCUT2D eigenvalue weighted by Crippen LogP contribution is -2.40. The molecule has 2 aromatic heterocycles. The number of benzene rings is 1. The van der Waals surface area contributed by atoms with E-state index < -0.39 is 15.9 Å². The quantitative estimate of drug-likeness (QED) is 0.669. The van der Waals surface area contributed by atoms with Crippen molar-refractivity contribution in [3.8, 4) is 5.82 Å². The SMILES string of the molecule is CS(=O)(=O)c1ccc2c(ccn2-c2cc(COC3CCN(C(=O)O)CC3)ccn2)c1. The number of amides is 1. The average molecular weight is 429 g/mol. The standard InChI is InChI=1S/C21H23N3O5S/c1-30(27,28)18-2-3-19-16(13-18)5-11-24(19)20-12-15(4-8-22-20)14-29-17-6-9-23(10-7-17)21(25)26/h2-5,8,11-13,17H,6-7,9-10,14H2,1H3,(H,25,26). The Morgan fingerprint density at radius 3 is 2.67 bits per heavy atom. The number of aromatic nitrogens is 2. The summed E-state index contributed by atoms with van der Waals surface area (Å²) in [4.78, 5) is 17.1. The first-order chi connectivity index (χ1) is 14.3. The summed E-state index contributed by atoms with van der Waals surface area (Å²) in [5.74, 6) is 0.721. The topological polar surface area (TPSA) is 102 Å². The van der Waals surface area contributed by atoms with Crippen LogP contribution in [-0.4, -0.2) is 59.5 Å². The van der Waals surface area contributed by atoms with Gasteiger partial charge in [0.25, 0.3) is 0 Å². The molecule has 3 heterocycles. The van der Waals surface area contributed by atoms with Gasteiger partial charge in [0.15, 0.2) is 9.84 Å². The van der Waals surface area contributed by atoms with Crippen molar-refractivity contribution in [2.24, 2.45) is 0 Å². The molecule has 158 valence electrons. The molecule has 1 aliphatic heterocycles. The minimum atomic E-state index is -3.26. The maximum atomic E-state index is 11.8. The molecule has 8 nitrogen and oxygen atoms in total. The normalized spacial score (nSPS) is 15.6. The lowest BCUT2D eigenvalue weighted by atomic mass is 10.1. The number of piperidine rings is 1. The van der Waals surface area contributed by atoms with E-state index in [1.165, 1.54) is 11.2 Å². The van der Waals surface area contributed by atoms with Gasteiger partial charge in [-0.1, -0.05) is 0 Å². The molecule has 0 aliphatic carbocycles. The van der Waals surface area contributed by atoms with E-state index in [0.29, 0.717) is 32.5 Å². The summed E-state index contributed by atoms with van der Waals surface area (Å²) in [7, 11) is -3.26. The third-order valence-corrected chi connectivity index (χ3v) is 6.46. The lowest BCUT2D eigenvalue weighted by Gasteiger charge is -2.29. The van der Waals surface area contributed by atoms with Crippen LogP contribution in [0.4, 0.5) is 4.79 Å². The number of carboxylic acid groups (broad SMARTS) is 1. The molecule has 4 rings (SSSR count). The van der Waals surface area contributed by atoms with Gasteiger partial charge < -0.3 is 19.3 Å². The first-order valence-corrected chi connectivity index (χ1v) is 11.6. The zero-order chi connectivity index (χ0) is 21.3. The van der Waals surface area contributed by atoms with Crippen LogP contribution in [0.5, 0.6) is 0 Å². The van der Waals surface area contributed by atoms with E-state index in [0.717, 1.165) is 22.3 Å². The van der Waals surface area contributed by atoms with Gasteiger partial charge in [0, 0.05) is 37.1 Å². The summed E-state index contributed by atoms with van der Waals surface area (Å²) in [5, 5.41) is 9.86. The molecule has 0 spiro atoms. The van der Waals surface area contributed by atoms with Gasteiger partial charge in [-0.2, -0.15) is 0 Å². The van der Waals surface area contributed by atoms with Gasteiger partial charge in [-0.25, -0.2) is 18.2 Å². The molecule has 0 saturated carbocycles. The van der Waals surface area contributed by atoms with Crippen LogP contribution in [0.2, 0.25) is 0 Å². The number of hydrogen-bond donors (Lipinski definition) is 1. The number of carbonyl (C=O) groups is 1. The molecule has 0 radical (unpaired) electrons. The first kappa shape index (κ1) is 20.4. The number of likely N-dealkylation sites (tertiary alicyclic amines) is 1. The Kier molecular flexibility index (Phi) is 5.48. The van der Waals surface area contributed by atoms with E-state index in [1.54, 1.807) is 24.4 Å². The van der Waals surface area contributed by atoms with E-state index in [9.17, 15) is 13.2 Å². The van der Waals surface area contributed by atoms with Crippen molar-refractivity contribution in [2.45, 2.75) is 30.4 Å². The molecular weight excluding hydrogens is 406 g/mol. The Hall–Kier alpha value is -2.91. The summed E-state index contributed by atoms with van der Waals surface area (Å²) in [6.07, 6.45) is 5.32.